The van der Waals surface area contributed by atoms with Crippen molar-refractivity contribution in [2.24, 2.45) is 5.92 Å². The molecule has 3 atom stereocenters. The summed E-state index contributed by atoms with van der Waals surface area (Å²) in [6, 6.07) is 0. The van der Waals surface area contributed by atoms with Crippen molar-refractivity contribution in [3.63, 3.8) is 0 Å². The third-order valence-corrected chi connectivity index (χ3v) is 3.29. The van der Waals surface area contributed by atoms with Gasteiger partial charge >= 0.3 is 0 Å². The second-order valence-electron chi connectivity index (χ2n) is 4.64. The Bertz CT molecular complexity index is 154. The van der Waals surface area contributed by atoms with Crippen LogP contribution in [0.25, 0.3) is 0 Å². The second kappa shape index (κ2) is 4.43. The molecule has 2 rings (SSSR count). The average molecular weight is 183 g/mol. The van der Waals surface area contributed by atoms with E-state index in [1.807, 2.05) is 0 Å². The molecule has 76 valence electrons. The minimum Gasteiger partial charge on any atom is -0.374 e. The first kappa shape index (κ1) is 9.47. The summed E-state index contributed by atoms with van der Waals surface area (Å²) in [5.74, 6) is 0.883. The van der Waals surface area contributed by atoms with Crippen LogP contribution in [-0.4, -0.2) is 25.3 Å². The van der Waals surface area contributed by atoms with Crippen LogP contribution in [0.5, 0.6) is 0 Å². The van der Waals surface area contributed by atoms with Gasteiger partial charge in [0, 0.05) is 6.54 Å². The number of hydrogen-bond donors (Lipinski definition) is 1. The quantitative estimate of drug-likeness (QED) is 0.706. The molecule has 0 bridgehead atoms. The first-order valence-electron chi connectivity index (χ1n) is 5.71. The number of hydrogen-bond acceptors (Lipinski definition) is 2. The summed E-state index contributed by atoms with van der Waals surface area (Å²) in [5.41, 5.74) is 0. The minimum atomic E-state index is 0.510. The van der Waals surface area contributed by atoms with Crippen molar-refractivity contribution in [2.45, 2.75) is 51.2 Å². The molecule has 2 aliphatic rings. The molecule has 1 saturated carbocycles. The van der Waals surface area contributed by atoms with Crippen molar-refractivity contribution < 1.29 is 4.74 Å². The molecule has 13 heavy (non-hydrogen) atoms. The van der Waals surface area contributed by atoms with Crippen molar-refractivity contribution in [1.82, 2.24) is 5.32 Å². The van der Waals surface area contributed by atoms with Crippen LogP contribution >= 0.6 is 0 Å². The number of rotatable bonds is 2. The number of ether oxygens (including phenoxy) is 1. The summed E-state index contributed by atoms with van der Waals surface area (Å²) in [4.78, 5) is 0. The van der Waals surface area contributed by atoms with Crippen LogP contribution in [0.3, 0.4) is 0 Å². The normalized spacial score (nSPS) is 40.8. The molecule has 2 heteroatoms. The molecular weight excluding hydrogens is 162 g/mol. The van der Waals surface area contributed by atoms with E-state index < -0.39 is 0 Å². The van der Waals surface area contributed by atoms with E-state index in [0.717, 1.165) is 19.0 Å². The fraction of sp³-hybridized carbons (Fsp3) is 1.00. The molecule has 1 saturated heterocycles. The van der Waals surface area contributed by atoms with Gasteiger partial charge in [0.2, 0.25) is 0 Å². The molecule has 0 aromatic heterocycles. The third-order valence-electron chi connectivity index (χ3n) is 3.29. The van der Waals surface area contributed by atoms with Gasteiger partial charge in [0.25, 0.3) is 0 Å². The summed E-state index contributed by atoms with van der Waals surface area (Å²) in [5, 5.41) is 3.35. The van der Waals surface area contributed by atoms with Crippen molar-refractivity contribution in [2.75, 3.05) is 13.1 Å². The Morgan fingerprint density at radius 2 is 2.08 bits per heavy atom. The van der Waals surface area contributed by atoms with Crippen molar-refractivity contribution in [3.8, 4) is 0 Å². The SMILES string of the molecule is CC1CCCC(O[C@@H]2CCNC2)C1. The van der Waals surface area contributed by atoms with E-state index in [0.29, 0.717) is 12.2 Å². The minimum absolute atomic E-state index is 0.510. The molecule has 1 aliphatic heterocycles. The van der Waals surface area contributed by atoms with Crippen LogP contribution in [0.4, 0.5) is 0 Å². The standard InChI is InChI=1S/C11H21NO/c1-9-3-2-4-10(7-9)13-11-5-6-12-8-11/h9-12H,2-8H2,1H3/t9?,10?,11-/m1/s1. The highest BCUT2D eigenvalue weighted by molar-refractivity contribution is 4.76. The van der Waals surface area contributed by atoms with Crippen molar-refractivity contribution >= 4 is 0 Å². The molecule has 1 aliphatic carbocycles. The lowest BCUT2D eigenvalue weighted by Crippen LogP contribution is -2.28. The molecule has 0 amide bonds. The molecule has 0 radical (unpaired) electrons. The lowest BCUT2D eigenvalue weighted by atomic mass is 9.88. The van der Waals surface area contributed by atoms with Gasteiger partial charge in [-0.25, -0.2) is 0 Å². The molecule has 0 spiro atoms. The third kappa shape index (κ3) is 2.68. The Hall–Kier alpha value is -0.0800. The zero-order valence-electron chi connectivity index (χ0n) is 8.59. The maximum Gasteiger partial charge on any atom is 0.0715 e. The van der Waals surface area contributed by atoms with E-state index in [1.54, 1.807) is 0 Å². The van der Waals surface area contributed by atoms with Crippen molar-refractivity contribution in [3.05, 3.63) is 0 Å². The summed E-state index contributed by atoms with van der Waals surface area (Å²) in [7, 11) is 0. The Morgan fingerprint density at radius 1 is 1.15 bits per heavy atom. The van der Waals surface area contributed by atoms with E-state index >= 15 is 0 Å². The van der Waals surface area contributed by atoms with Crippen LogP contribution in [0, 0.1) is 5.92 Å². The predicted octanol–water partition coefficient (Wildman–Crippen LogP) is 1.94. The van der Waals surface area contributed by atoms with Gasteiger partial charge in [-0.1, -0.05) is 19.8 Å². The van der Waals surface area contributed by atoms with Crippen LogP contribution < -0.4 is 5.32 Å². The highest BCUT2D eigenvalue weighted by atomic mass is 16.5. The highest BCUT2D eigenvalue weighted by Gasteiger charge is 2.24. The van der Waals surface area contributed by atoms with E-state index in [9.17, 15) is 0 Å². The largest absolute Gasteiger partial charge is 0.374 e. The van der Waals surface area contributed by atoms with Gasteiger partial charge < -0.3 is 10.1 Å². The molecule has 0 aromatic carbocycles. The maximum absolute atomic E-state index is 6.06. The average Bonchev–Trinajstić information content (AvgIpc) is 2.57. The molecule has 1 heterocycles. The van der Waals surface area contributed by atoms with E-state index in [4.69, 9.17) is 4.74 Å². The van der Waals surface area contributed by atoms with Gasteiger partial charge in [0.15, 0.2) is 0 Å². The summed E-state index contributed by atoms with van der Waals surface area (Å²) >= 11 is 0. The summed E-state index contributed by atoms with van der Waals surface area (Å²) in [6.07, 6.45) is 7.64. The monoisotopic (exact) mass is 183 g/mol. The first-order valence-corrected chi connectivity index (χ1v) is 5.71. The second-order valence-corrected chi connectivity index (χ2v) is 4.64. The maximum atomic E-state index is 6.06. The van der Waals surface area contributed by atoms with Crippen LogP contribution in [0.15, 0.2) is 0 Å². The predicted molar refractivity (Wildman–Crippen MR) is 53.8 cm³/mol. The molecule has 0 aromatic rings. The smallest absolute Gasteiger partial charge is 0.0715 e. The van der Waals surface area contributed by atoms with E-state index in [-0.39, 0.29) is 0 Å². The fourth-order valence-corrected chi connectivity index (χ4v) is 2.52. The fourth-order valence-electron chi connectivity index (χ4n) is 2.52. The van der Waals surface area contributed by atoms with Gasteiger partial charge in [-0.15, -0.1) is 0 Å². The van der Waals surface area contributed by atoms with E-state index in [2.05, 4.69) is 12.2 Å². The Kier molecular flexibility index (Phi) is 3.23. The summed E-state index contributed by atoms with van der Waals surface area (Å²) < 4.78 is 6.06. The van der Waals surface area contributed by atoms with Crippen molar-refractivity contribution in [1.29, 1.82) is 0 Å². The van der Waals surface area contributed by atoms with Gasteiger partial charge in [-0.2, -0.15) is 0 Å². The lowest BCUT2D eigenvalue weighted by Gasteiger charge is -2.29. The molecule has 2 fully saturated rings. The Morgan fingerprint density at radius 3 is 2.77 bits per heavy atom. The molecule has 2 unspecified atom stereocenters. The van der Waals surface area contributed by atoms with Crippen LogP contribution in [-0.2, 0) is 4.74 Å². The highest BCUT2D eigenvalue weighted by Crippen LogP contribution is 2.27. The Balaban J connectivity index is 1.73. The van der Waals surface area contributed by atoms with Gasteiger partial charge in [-0.05, 0) is 31.7 Å². The molecular formula is C11H21NO. The topological polar surface area (TPSA) is 21.3 Å². The summed E-state index contributed by atoms with van der Waals surface area (Å²) in [6.45, 7) is 4.57. The molecule has 2 nitrogen and oxygen atoms in total. The number of nitrogens with one attached hydrogen (secondary N) is 1. The first-order chi connectivity index (χ1) is 6.34. The molecule has 1 N–H and O–H groups in total. The van der Waals surface area contributed by atoms with Crippen LogP contribution in [0.2, 0.25) is 0 Å². The van der Waals surface area contributed by atoms with E-state index in [1.165, 1.54) is 32.1 Å². The zero-order chi connectivity index (χ0) is 9.10. The zero-order valence-corrected chi connectivity index (χ0v) is 8.59. The van der Waals surface area contributed by atoms with Crippen LogP contribution in [0.1, 0.15) is 39.0 Å². The van der Waals surface area contributed by atoms with Gasteiger partial charge in [-0.3, -0.25) is 0 Å². The lowest BCUT2D eigenvalue weighted by molar-refractivity contribution is -0.0292. The van der Waals surface area contributed by atoms with Gasteiger partial charge in [0.1, 0.15) is 0 Å². The Labute approximate surface area is 81.0 Å². The van der Waals surface area contributed by atoms with Gasteiger partial charge in [0.05, 0.1) is 12.2 Å².